The number of carbonyl (C=O) groups excluding carboxylic acids is 2. The molecule has 1 aliphatic heterocycles. The number of anilines is 5. The van der Waals surface area contributed by atoms with Crippen LogP contribution in [0.2, 0.25) is 5.02 Å². The van der Waals surface area contributed by atoms with E-state index in [9.17, 15) is 22.4 Å². The molecule has 76 heavy (non-hydrogen) atoms. The number of amides is 2. The maximum Gasteiger partial charge on any atom is 0.254 e. The predicted molar refractivity (Wildman–Crippen MR) is 289 cm³/mol. The Morgan fingerprint density at radius 1 is 0.829 bits per heavy atom. The van der Waals surface area contributed by atoms with Gasteiger partial charge in [0, 0.05) is 65.8 Å². The zero-order valence-electron chi connectivity index (χ0n) is 43.1. The number of benzene rings is 3. The number of hydrogen-bond donors (Lipinski definition) is 5. The number of sulfonamides is 1. The van der Waals surface area contributed by atoms with Gasteiger partial charge in [0.1, 0.15) is 23.5 Å². The van der Waals surface area contributed by atoms with Gasteiger partial charge < -0.3 is 55.0 Å². The van der Waals surface area contributed by atoms with Crippen molar-refractivity contribution in [3.63, 3.8) is 0 Å². The number of aryl methyl sites for hydroxylation is 1. The van der Waals surface area contributed by atoms with Crippen LogP contribution in [0.15, 0.2) is 88.6 Å². The molecule has 1 aliphatic carbocycles. The van der Waals surface area contributed by atoms with E-state index in [0.29, 0.717) is 78.7 Å². The van der Waals surface area contributed by atoms with E-state index in [4.69, 9.17) is 45.8 Å². The molecule has 1 saturated carbocycles. The molecule has 0 unspecified atom stereocenters. The summed E-state index contributed by atoms with van der Waals surface area (Å²) in [7, 11) is -3.82. The first kappa shape index (κ1) is 58.1. The maximum atomic E-state index is 14.3. The molecule has 24 heteroatoms. The molecule has 0 spiro atoms. The summed E-state index contributed by atoms with van der Waals surface area (Å²) in [4.78, 5) is 45.0. The van der Waals surface area contributed by atoms with E-state index in [1.165, 1.54) is 30.5 Å². The van der Waals surface area contributed by atoms with Crippen LogP contribution >= 0.6 is 27.5 Å². The van der Waals surface area contributed by atoms with Crippen LogP contribution in [-0.4, -0.2) is 138 Å². The topological polar surface area (TPSA) is 253 Å². The minimum absolute atomic E-state index is 0.0446. The summed E-state index contributed by atoms with van der Waals surface area (Å²) in [6.45, 7) is 15.1. The molecule has 2 aliphatic rings. The Morgan fingerprint density at radius 3 is 2.07 bits per heavy atom. The molecular weight excluding hydrogens is 1090 g/mol. The van der Waals surface area contributed by atoms with Crippen molar-refractivity contribution in [3.8, 4) is 5.75 Å². The van der Waals surface area contributed by atoms with E-state index in [2.05, 4.69) is 89.1 Å². The third kappa shape index (κ3) is 15.3. The van der Waals surface area contributed by atoms with Crippen molar-refractivity contribution in [2.24, 2.45) is 16.6 Å². The minimum atomic E-state index is -3.82. The van der Waals surface area contributed by atoms with Crippen LogP contribution in [0.25, 0.3) is 0 Å². The molecule has 0 radical (unpaired) electrons. The van der Waals surface area contributed by atoms with Crippen molar-refractivity contribution in [1.29, 1.82) is 0 Å². The van der Waals surface area contributed by atoms with E-state index >= 15 is 0 Å². The van der Waals surface area contributed by atoms with Gasteiger partial charge in [0.05, 0.1) is 91.7 Å². The Bertz CT molecular complexity index is 2850. The predicted octanol–water partition coefficient (Wildman–Crippen LogP) is 7.36. The highest BCUT2D eigenvalue weighted by molar-refractivity contribution is 9.10. The Labute approximate surface area is 455 Å². The fourth-order valence-corrected chi connectivity index (χ4v) is 10.8. The Morgan fingerprint density at radius 2 is 1.45 bits per heavy atom. The number of halogens is 3. The van der Waals surface area contributed by atoms with Crippen LogP contribution in [0.5, 0.6) is 5.75 Å². The van der Waals surface area contributed by atoms with Gasteiger partial charge in [0.2, 0.25) is 21.9 Å². The second kappa shape index (κ2) is 26.6. The smallest absolute Gasteiger partial charge is 0.254 e. The summed E-state index contributed by atoms with van der Waals surface area (Å²) in [5.74, 6) is -0.280. The van der Waals surface area contributed by atoms with Gasteiger partial charge >= 0.3 is 0 Å². The quantitative estimate of drug-likeness (QED) is 0.0307. The van der Waals surface area contributed by atoms with Crippen LogP contribution in [-0.2, 0) is 33.7 Å². The van der Waals surface area contributed by atoms with Crippen molar-refractivity contribution in [3.05, 3.63) is 111 Å². The fraction of sp³-hybridized carbons (Fsp3) is 0.462. The molecule has 2 fully saturated rings. The molecule has 0 bridgehead atoms. The molecular formula is C52H65BrClFN10O10S. The molecule has 6 N–H and O–H groups in total. The second-order valence-electron chi connectivity index (χ2n) is 19.3. The van der Waals surface area contributed by atoms with E-state index < -0.39 is 21.7 Å². The molecule has 2 aromatic heterocycles. The lowest BCUT2D eigenvalue weighted by Crippen LogP contribution is -2.74. The Kier molecular flexibility index (Phi) is 20.3. The highest BCUT2D eigenvalue weighted by Crippen LogP contribution is 2.55. The van der Waals surface area contributed by atoms with Crippen LogP contribution in [0.1, 0.15) is 66.8 Å². The maximum absolute atomic E-state index is 14.3. The summed E-state index contributed by atoms with van der Waals surface area (Å²) >= 11 is 9.68. The number of nitrogens with zero attached hydrogens (tertiary/aromatic N) is 5. The number of hydrogen-bond acceptors (Lipinski definition) is 17. The number of aromatic nitrogens is 4. The first-order valence-corrected chi connectivity index (χ1v) is 27.5. The fourth-order valence-electron chi connectivity index (χ4n) is 9.36. The average Bonchev–Trinajstić information content (AvgIpc) is 3.47. The number of piperidine rings is 1. The first-order valence-electron chi connectivity index (χ1n) is 24.8. The van der Waals surface area contributed by atoms with Gasteiger partial charge in [0.25, 0.3) is 11.8 Å². The Hall–Kier alpha value is -5.63. The van der Waals surface area contributed by atoms with Gasteiger partial charge in [0.15, 0.2) is 0 Å². The van der Waals surface area contributed by atoms with Crippen LogP contribution < -0.4 is 36.0 Å². The van der Waals surface area contributed by atoms with Crippen LogP contribution in [0.4, 0.5) is 33.5 Å². The summed E-state index contributed by atoms with van der Waals surface area (Å²) in [6, 6.07) is 15.6. The summed E-state index contributed by atoms with van der Waals surface area (Å²) in [5.41, 5.74) is 6.38. The van der Waals surface area contributed by atoms with Crippen molar-refractivity contribution >= 4 is 78.5 Å². The normalized spacial score (nSPS) is 17.2. The SMILES string of the molecule is Cc1ccc(OC2C(C)(C)C(NC(=O)c3cnc(N4CCC(OCCOCCOCCOCCOCCNS(=O)(=O)c5ccc(Nc6ncc(Br)c(Nc7cccc(F)c7C(N)=O)n6)cc5)CC4)nc3)C2(C)C)cc1Cl. The van der Waals surface area contributed by atoms with Gasteiger partial charge in [-0.3, -0.25) is 9.59 Å². The lowest BCUT2D eigenvalue weighted by atomic mass is 9.49. The monoisotopic (exact) mass is 1150 g/mol. The number of primary amides is 1. The number of rotatable bonds is 28. The summed E-state index contributed by atoms with van der Waals surface area (Å²) in [5, 5.41) is 9.75. The second-order valence-corrected chi connectivity index (χ2v) is 22.4. The summed E-state index contributed by atoms with van der Waals surface area (Å²) < 4.78 is 77.7. The highest BCUT2D eigenvalue weighted by Gasteiger charge is 2.64. The lowest BCUT2D eigenvalue weighted by Gasteiger charge is -2.63. The summed E-state index contributed by atoms with van der Waals surface area (Å²) in [6.07, 6.45) is 6.22. The van der Waals surface area contributed by atoms with E-state index in [1.54, 1.807) is 24.5 Å². The van der Waals surface area contributed by atoms with Gasteiger partial charge in [-0.2, -0.15) is 4.98 Å². The molecule has 3 aromatic carbocycles. The number of ether oxygens (including phenoxy) is 6. The highest BCUT2D eigenvalue weighted by atomic mass is 79.9. The van der Waals surface area contributed by atoms with Crippen molar-refractivity contribution in [1.82, 2.24) is 30.0 Å². The molecule has 410 valence electrons. The number of carbonyl (C=O) groups is 2. The molecule has 0 atom stereocenters. The molecule has 2 amide bonds. The zero-order chi connectivity index (χ0) is 54.5. The molecule has 1 saturated heterocycles. The molecule has 5 aromatic rings. The standard InChI is InChI=1S/C52H65BrClFN10O10S/c1-33-9-12-37(29-40(33)54)75-48-51(2,3)47(52(48,4)5)64-46(67)34-30-58-50(59-31-34)65-18-15-36(16-19-65)74-28-27-73-26-25-72-24-23-71-22-21-70-20-17-60-76(68,69)38-13-10-35(11-14-38)61-49-57-32-39(53)45(63-49)62-42-8-6-7-41(55)43(42)44(56)66/h6-14,29-32,36,47-48,60H,15-28H2,1-5H3,(H2,56,66)(H,64,67)(H2,57,61,62,63). The third-order valence-corrected chi connectivity index (χ3v) is 15.5. The third-order valence-electron chi connectivity index (χ3n) is 13.1. The zero-order valence-corrected chi connectivity index (χ0v) is 46.2. The number of nitrogens with one attached hydrogen (secondary N) is 4. The molecule has 3 heterocycles. The van der Waals surface area contributed by atoms with Crippen molar-refractivity contribution in [2.45, 2.75) is 70.6 Å². The van der Waals surface area contributed by atoms with E-state index in [-0.39, 0.29) is 82.7 Å². The largest absolute Gasteiger partial charge is 0.489 e. The average molecular weight is 1160 g/mol. The van der Waals surface area contributed by atoms with E-state index in [0.717, 1.165) is 37.6 Å². The molecule has 7 rings (SSSR count). The van der Waals surface area contributed by atoms with Crippen LogP contribution in [0, 0.1) is 23.6 Å². The number of nitrogens with two attached hydrogens (primary N) is 1. The van der Waals surface area contributed by atoms with Gasteiger partial charge in [-0.1, -0.05) is 51.4 Å². The van der Waals surface area contributed by atoms with Gasteiger partial charge in [-0.15, -0.1) is 0 Å². The van der Waals surface area contributed by atoms with Gasteiger partial charge in [-0.25, -0.2) is 32.5 Å². The minimum Gasteiger partial charge on any atom is -0.489 e. The van der Waals surface area contributed by atoms with E-state index in [1.807, 2.05) is 25.1 Å². The Balaban J connectivity index is 0.675. The van der Waals surface area contributed by atoms with Crippen LogP contribution in [0.3, 0.4) is 0 Å². The van der Waals surface area contributed by atoms with Crippen molar-refractivity contribution < 1.29 is 50.8 Å². The van der Waals surface area contributed by atoms with Crippen molar-refractivity contribution in [2.75, 3.05) is 94.6 Å². The van der Waals surface area contributed by atoms with Gasteiger partial charge in [-0.05, 0) is 89.8 Å². The first-order chi connectivity index (χ1) is 36.3. The lowest BCUT2D eigenvalue weighted by molar-refractivity contribution is -0.164. The molecule has 20 nitrogen and oxygen atoms in total.